The minimum Gasteiger partial charge on any atom is -0.480 e. The fourth-order valence-corrected chi connectivity index (χ4v) is 8.05. The van der Waals surface area contributed by atoms with Crippen molar-refractivity contribution in [2.24, 2.45) is 0 Å². The fraction of sp³-hybridized carbons (Fsp3) is 0.319. The van der Waals surface area contributed by atoms with Crippen molar-refractivity contribution in [3.05, 3.63) is 134 Å². The number of nitrogens with one attached hydrogen (secondary N) is 1. The summed E-state index contributed by atoms with van der Waals surface area (Å²) in [4.78, 5) is 56.0. The number of piperidine rings is 2. The number of carboxylic acid groups (broad SMARTS) is 1. The number of hydrogen-bond acceptors (Lipinski definition) is 16. The summed E-state index contributed by atoms with van der Waals surface area (Å²) < 4.78 is 91.2. The molecule has 70 heavy (non-hydrogen) atoms. The van der Waals surface area contributed by atoms with Crippen LogP contribution in [0.5, 0.6) is 0 Å². The smallest absolute Gasteiger partial charge is 0.329 e. The molecule has 1 amide bonds. The molecule has 0 bridgehead atoms. The Kier molecular flexibility index (Phi) is 16.5. The quantitative estimate of drug-likeness (QED) is 0.0904. The number of carbonyl (C=O) groups is 2. The number of rotatable bonds is 17. The van der Waals surface area contributed by atoms with Gasteiger partial charge in [0.2, 0.25) is 10.0 Å². The molecule has 0 aliphatic carbocycles. The van der Waals surface area contributed by atoms with Crippen molar-refractivity contribution in [2.75, 3.05) is 78.5 Å². The van der Waals surface area contributed by atoms with Crippen LogP contribution in [0.1, 0.15) is 25.7 Å². The molecule has 2 saturated heterocycles. The molecule has 6 aromatic rings. The number of ether oxygens (including phenoxy) is 2. The number of carboxylic acids is 1. The van der Waals surface area contributed by atoms with Crippen LogP contribution in [0.15, 0.2) is 122 Å². The van der Waals surface area contributed by atoms with Crippen LogP contribution in [0.2, 0.25) is 0 Å². The van der Waals surface area contributed by atoms with E-state index >= 15 is 4.39 Å². The van der Waals surface area contributed by atoms with E-state index in [1.807, 2.05) is 70.5 Å². The zero-order valence-corrected chi connectivity index (χ0v) is 38.6. The Bertz CT molecular complexity index is 2780. The van der Waals surface area contributed by atoms with Gasteiger partial charge in [-0.3, -0.25) is 29.3 Å². The van der Waals surface area contributed by atoms with E-state index in [1.54, 1.807) is 51.4 Å². The van der Waals surface area contributed by atoms with Gasteiger partial charge in [0, 0.05) is 63.2 Å². The van der Waals surface area contributed by atoms with Gasteiger partial charge in [-0.1, -0.05) is 36.4 Å². The van der Waals surface area contributed by atoms with E-state index < -0.39 is 58.1 Å². The monoisotopic (exact) mass is 987 g/mol. The molecule has 0 saturated carbocycles. The highest BCUT2D eigenvalue weighted by atomic mass is 32.2. The third kappa shape index (κ3) is 14.1. The number of para-hydroxylation sites is 2. The molecule has 2 aliphatic rings. The highest BCUT2D eigenvalue weighted by Crippen LogP contribution is 2.36. The van der Waals surface area contributed by atoms with Crippen molar-refractivity contribution in [3.8, 4) is 0 Å². The average molecular weight is 988 g/mol. The first kappa shape index (κ1) is 50.5. The van der Waals surface area contributed by atoms with Gasteiger partial charge in [-0.2, -0.15) is 0 Å². The lowest BCUT2D eigenvalue weighted by molar-refractivity contribution is -0.144. The fourth-order valence-electron chi connectivity index (χ4n) is 7.58. The van der Waals surface area contributed by atoms with Gasteiger partial charge in [0.1, 0.15) is 59.5 Å². The van der Waals surface area contributed by atoms with Crippen LogP contribution >= 0.6 is 0 Å². The molecular formula is C47H49F4N11O7S. The first-order valence-electron chi connectivity index (χ1n) is 21.9. The van der Waals surface area contributed by atoms with Gasteiger partial charge < -0.3 is 24.4 Å². The maximum absolute atomic E-state index is 15.2. The van der Waals surface area contributed by atoms with E-state index in [0.29, 0.717) is 61.1 Å². The number of benzene rings is 2. The molecule has 0 radical (unpaired) electrons. The number of sulfonamides is 1. The third-order valence-corrected chi connectivity index (χ3v) is 11.6. The number of amides is 1. The molecule has 0 atom stereocenters. The normalized spacial score (nSPS) is 15.3. The van der Waals surface area contributed by atoms with E-state index in [2.05, 4.69) is 19.9 Å². The van der Waals surface area contributed by atoms with Crippen molar-refractivity contribution >= 4 is 68.2 Å². The molecule has 4 aromatic heterocycles. The summed E-state index contributed by atoms with van der Waals surface area (Å²) in [6.07, 6.45) is 10.1. The highest BCUT2D eigenvalue weighted by molar-refractivity contribution is 7.89. The second-order valence-electron chi connectivity index (χ2n) is 16.4. The lowest BCUT2D eigenvalue weighted by Gasteiger charge is -2.36. The Morgan fingerprint density at radius 2 is 1.04 bits per heavy atom. The number of aromatic nitrogens is 6. The van der Waals surface area contributed by atoms with Crippen LogP contribution in [0.25, 0.3) is 0 Å². The number of aliphatic carboxylic acids is 1. The van der Waals surface area contributed by atoms with Gasteiger partial charge in [-0.05, 0) is 48.5 Å². The maximum Gasteiger partial charge on any atom is 0.329 e. The molecule has 0 spiro atoms. The highest BCUT2D eigenvalue weighted by Gasteiger charge is 2.37. The van der Waals surface area contributed by atoms with Gasteiger partial charge in [0.05, 0.1) is 56.7 Å². The average Bonchev–Trinajstić information content (AvgIpc) is 3.34. The largest absolute Gasteiger partial charge is 0.480 e. The summed E-state index contributed by atoms with van der Waals surface area (Å²) in [5, 5.41) is 8.67. The zero-order valence-electron chi connectivity index (χ0n) is 37.8. The Balaban J connectivity index is 0.000000208. The topological polar surface area (TPSA) is 209 Å². The molecule has 18 nitrogen and oxygen atoms in total. The summed E-state index contributed by atoms with van der Waals surface area (Å²) in [5.41, 5.74) is -1.71. The summed E-state index contributed by atoms with van der Waals surface area (Å²) in [5.74, 6) is 0.112. The van der Waals surface area contributed by atoms with Crippen LogP contribution in [0, 0.1) is 11.6 Å². The minimum absolute atomic E-state index is 0.120. The number of anilines is 8. The first-order chi connectivity index (χ1) is 33.6. The molecule has 2 aliphatic heterocycles. The molecule has 368 valence electrons. The Hall–Kier alpha value is -7.37. The van der Waals surface area contributed by atoms with Crippen molar-refractivity contribution in [3.63, 3.8) is 0 Å². The Morgan fingerprint density at radius 3 is 1.41 bits per heavy atom. The van der Waals surface area contributed by atoms with Crippen molar-refractivity contribution < 1.29 is 50.1 Å². The second-order valence-corrected chi connectivity index (χ2v) is 18.2. The molecule has 2 aromatic carbocycles. The predicted octanol–water partition coefficient (Wildman–Crippen LogP) is 6.77. The number of alkyl halides is 2. The molecule has 2 fully saturated rings. The molecule has 0 unspecified atom stereocenters. The van der Waals surface area contributed by atoms with Gasteiger partial charge in [0.25, 0.3) is 5.91 Å². The number of carbonyl (C=O) groups excluding carboxylic acids is 1. The third-order valence-electron chi connectivity index (χ3n) is 11.0. The van der Waals surface area contributed by atoms with Crippen LogP contribution in [-0.2, 0) is 29.1 Å². The minimum atomic E-state index is -3.70. The van der Waals surface area contributed by atoms with Gasteiger partial charge >= 0.3 is 5.97 Å². The summed E-state index contributed by atoms with van der Waals surface area (Å²) in [7, 11) is -3.70. The number of hydrogen-bond donors (Lipinski definition) is 2. The first-order valence-corrected chi connectivity index (χ1v) is 23.8. The van der Waals surface area contributed by atoms with E-state index in [4.69, 9.17) is 24.5 Å². The predicted molar refractivity (Wildman–Crippen MR) is 252 cm³/mol. The number of pyridine rings is 2. The Morgan fingerprint density at radius 1 is 0.629 bits per heavy atom. The molecule has 8 rings (SSSR count). The number of nitrogens with zero attached hydrogens (tertiary/aromatic N) is 10. The van der Waals surface area contributed by atoms with Crippen LogP contribution in [0.3, 0.4) is 0 Å². The van der Waals surface area contributed by atoms with Crippen molar-refractivity contribution in [1.82, 2.24) is 34.6 Å². The van der Waals surface area contributed by atoms with Crippen LogP contribution < -0.4 is 24.3 Å². The molecular weight excluding hydrogens is 939 g/mol. The summed E-state index contributed by atoms with van der Waals surface area (Å²) in [6, 6.07) is 24.5. The molecule has 23 heteroatoms. The van der Waals surface area contributed by atoms with Crippen LogP contribution in [0.4, 0.5) is 63.8 Å². The SMILES string of the molecule is CS(=O)(=O)NC(=O)COCC1(F)CCN(c2cncc(N(c3ccccc3)c3ccc(F)cn3)n2)CC1.O=C(O)COCC1(F)CCN(c2cncc(N(c3ccccc3)c3ccc(F)cn3)n2)CC1. The van der Waals surface area contributed by atoms with E-state index in [0.717, 1.165) is 30.0 Å². The van der Waals surface area contributed by atoms with Crippen LogP contribution in [-0.4, -0.2) is 126 Å². The molecule has 6 heterocycles. The van der Waals surface area contributed by atoms with E-state index in [1.165, 1.54) is 12.1 Å². The van der Waals surface area contributed by atoms with Crippen molar-refractivity contribution in [2.45, 2.75) is 37.0 Å². The zero-order chi connectivity index (χ0) is 49.7. The van der Waals surface area contributed by atoms with Crippen molar-refractivity contribution in [1.29, 1.82) is 0 Å². The lowest BCUT2D eigenvalue weighted by atomic mass is 9.94. The van der Waals surface area contributed by atoms with E-state index in [-0.39, 0.29) is 38.9 Å². The van der Waals surface area contributed by atoms with Gasteiger partial charge in [0.15, 0.2) is 11.6 Å². The number of halogens is 4. The van der Waals surface area contributed by atoms with E-state index in [9.17, 15) is 31.2 Å². The Labute approximate surface area is 401 Å². The maximum atomic E-state index is 15.2. The van der Waals surface area contributed by atoms with Gasteiger partial charge in [-0.25, -0.2) is 50.7 Å². The molecule has 2 N–H and O–H groups in total. The standard InChI is InChI=1S/C24H26F2N6O4S.C23H23F2N5O3/c1-37(34,35)30-23(33)16-36-17-24(26)9-11-31(12-10-24)21-14-27-15-22(29-21)32(19-5-3-2-4-6-19)20-8-7-18(25)13-28-20;24-17-6-7-19(27-12-17)30(18-4-2-1-3-5-18)21-14-26-13-20(28-21)29-10-8-23(25,9-11-29)16-33-15-22(31)32/h2-8,13-15H,9-12,16-17H2,1H3,(H,30,33);1-7,12-14H,8-11,15-16H2,(H,31,32). The lowest BCUT2D eigenvalue weighted by Crippen LogP contribution is -2.45. The second kappa shape index (κ2) is 22.8. The van der Waals surface area contributed by atoms with Gasteiger partial charge in [-0.15, -0.1) is 0 Å². The summed E-state index contributed by atoms with van der Waals surface area (Å²) in [6.45, 7) is -0.241. The summed E-state index contributed by atoms with van der Waals surface area (Å²) >= 11 is 0.